The number of nitrogens with zero attached hydrogens (tertiary/aromatic N) is 1. The highest BCUT2D eigenvalue weighted by Crippen LogP contribution is 2.61. The Morgan fingerprint density at radius 3 is 3.25 bits per heavy atom. The molecule has 0 saturated carbocycles. The van der Waals surface area contributed by atoms with Crippen molar-refractivity contribution in [2.45, 2.75) is 12.0 Å². The normalized spacial score (nSPS) is 40.6. The number of fused-ring (bicyclic) bond motifs is 2. The van der Waals surface area contributed by atoms with Crippen LogP contribution in [0.15, 0.2) is 40.6 Å². The molecule has 4 heterocycles. The Bertz CT molecular complexity index is 558. The molecule has 5 nitrogen and oxygen atoms in total. The highest BCUT2D eigenvalue weighted by molar-refractivity contribution is 6.08. The first-order valence-corrected chi connectivity index (χ1v) is 5.03. The fraction of sp³-hybridized carbons (Fsp3) is 0.273. The molecule has 1 saturated heterocycles. The molecule has 1 spiro atoms. The van der Waals surface area contributed by atoms with E-state index in [1.54, 1.807) is 6.26 Å². The van der Waals surface area contributed by atoms with Crippen LogP contribution in [0.5, 0.6) is 0 Å². The van der Waals surface area contributed by atoms with Crippen LogP contribution in [0.4, 0.5) is 0 Å². The van der Waals surface area contributed by atoms with Crippen molar-refractivity contribution in [1.29, 1.82) is 0 Å². The molecule has 1 fully saturated rings. The second-order valence-electron chi connectivity index (χ2n) is 4.30. The van der Waals surface area contributed by atoms with Crippen LogP contribution >= 0.6 is 0 Å². The van der Waals surface area contributed by atoms with E-state index < -0.39 is 16.9 Å². The van der Waals surface area contributed by atoms with Crippen molar-refractivity contribution in [1.82, 2.24) is 0 Å². The Balaban J connectivity index is 2.08. The number of nitrogens with two attached hydrogens (primary N) is 1. The van der Waals surface area contributed by atoms with Gasteiger partial charge < -0.3 is 15.2 Å². The summed E-state index contributed by atoms with van der Waals surface area (Å²) in [6.45, 7) is 0. The van der Waals surface area contributed by atoms with E-state index >= 15 is 0 Å². The number of carbonyl (C=O) groups is 1. The zero-order chi connectivity index (χ0) is 11.0. The lowest BCUT2D eigenvalue weighted by atomic mass is 9.70. The summed E-state index contributed by atoms with van der Waals surface area (Å²) in [5.41, 5.74) is 4.65. The summed E-state index contributed by atoms with van der Waals surface area (Å²) in [7, 11) is 0. The smallest absolute Gasteiger partial charge is 0.241 e. The quantitative estimate of drug-likeness (QED) is 0.687. The third-order valence-corrected chi connectivity index (χ3v) is 3.58. The van der Waals surface area contributed by atoms with Crippen molar-refractivity contribution >= 4 is 12.1 Å². The van der Waals surface area contributed by atoms with Crippen LogP contribution in [0.2, 0.25) is 0 Å². The van der Waals surface area contributed by atoms with Crippen molar-refractivity contribution < 1.29 is 14.3 Å². The summed E-state index contributed by atoms with van der Waals surface area (Å²) < 4.78 is 11.1. The van der Waals surface area contributed by atoms with Crippen LogP contribution in [0.25, 0.3) is 0 Å². The van der Waals surface area contributed by atoms with E-state index in [4.69, 9.17) is 15.2 Å². The summed E-state index contributed by atoms with van der Waals surface area (Å²) in [6.07, 6.45) is 7.50. The van der Waals surface area contributed by atoms with Crippen molar-refractivity contribution in [2.75, 3.05) is 0 Å². The molecule has 2 bridgehead atoms. The molecular formula is C11H8N2O3. The molecule has 4 aliphatic heterocycles. The van der Waals surface area contributed by atoms with Gasteiger partial charge in [-0.15, -0.1) is 0 Å². The minimum atomic E-state index is -1.00. The fourth-order valence-corrected chi connectivity index (χ4v) is 2.86. The summed E-state index contributed by atoms with van der Waals surface area (Å²) >= 11 is 0. The molecule has 1 amide bonds. The standard InChI is InChI=1S/C11H8N2O3/c12-9(14)11-5-13-8-7(11)10(3-4-15-8)2-1-6(11)16-10/h1,3-5H,2H2,(H2,12,14). The zero-order valence-corrected chi connectivity index (χ0v) is 8.27. The number of ether oxygens (including phenoxy) is 2. The number of hydrogen-bond donors (Lipinski definition) is 1. The van der Waals surface area contributed by atoms with Crippen LogP contribution in [0.1, 0.15) is 6.42 Å². The molecule has 0 aliphatic carbocycles. The van der Waals surface area contributed by atoms with E-state index in [1.165, 1.54) is 6.21 Å². The van der Waals surface area contributed by atoms with E-state index in [9.17, 15) is 4.79 Å². The monoisotopic (exact) mass is 216 g/mol. The molecule has 0 aromatic carbocycles. The summed E-state index contributed by atoms with van der Waals surface area (Å²) in [5.74, 6) is 0.571. The fourth-order valence-electron chi connectivity index (χ4n) is 2.86. The van der Waals surface area contributed by atoms with Crippen molar-refractivity contribution in [3.63, 3.8) is 0 Å². The van der Waals surface area contributed by atoms with Gasteiger partial charge >= 0.3 is 0 Å². The molecule has 5 heteroatoms. The van der Waals surface area contributed by atoms with E-state index in [-0.39, 0.29) is 0 Å². The van der Waals surface area contributed by atoms with Crippen molar-refractivity contribution in [3.05, 3.63) is 35.6 Å². The summed E-state index contributed by atoms with van der Waals surface area (Å²) in [6, 6.07) is 0. The number of aliphatic imine (C=N–C) groups is 1. The minimum absolute atomic E-state index is 0.449. The Morgan fingerprint density at radius 1 is 1.56 bits per heavy atom. The number of carbonyl (C=O) groups excluding carboxylic acids is 1. The Morgan fingerprint density at radius 2 is 2.44 bits per heavy atom. The number of hydrogen-bond acceptors (Lipinski definition) is 4. The van der Waals surface area contributed by atoms with Gasteiger partial charge in [0.05, 0.1) is 11.8 Å². The van der Waals surface area contributed by atoms with Gasteiger partial charge in [-0.3, -0.25) is 4.79 Å². The van der Waals surface area contributed by atoms with Gasteiger partial charge in [0.15, 0.2) is 11.0 Å². The maximum Gasteiger partial charge on any atom is 0.241 e. The molecule has 16 heavy (non-hydrogen) atoms. The van der Waals surface area contributed by atoms with Gasteiger partial charge in [-0.2, -0.15) is 0 Å². The Labute approximate surface area is 90.9 Å². The molecule has 4 rings (SSSR count). The molecule has 4 aliphatic rings. The Hall–Kier alpha value is -2.04. The van der Waals surface area contributed by atoms with E-state index in [2.05, 4.69) is 4.99 Å². The lowest BCUT2D eigenvalue weighted by Gasteiger charge is -2.28. The second kappa shape index (κ2) is 2.07. The molecule has 2 atom stereocenters. The van der Waals surface area contributed by atoms with Gasteiger partial charge in [0.25, 0.3) is 0 Å². The SMILES string of the molecule is NC(=O)C12C=NC3=C1C1(C=CO3)CC=C2O1. The maximum absolute atomic E-state index is 11.7. The van der Waals surface area contributed by atoms with E-state index in [0.717, 1.165) is 5.57 Å². The highest BCUT2D eigenvalue weighted by atomic mass is 16.5. The lowest BCUT2D eigenvalue weighted by Crippen LogP contribution is -2.42. The average molecular weight is 216 g/mol. The largest absolute Gasteiger partial charge is 0.481 e. The minimum Gasteiger partial charge on any atom is -0.481 e. The highest BCUT2D eigenvalue weighted by Gasteiger charge is 2.67. The second-order valence-corrected chi connectivity index (χ2v) is 4.30. The first-order chi connectivity index (χ1) is 7.69. The number of primary amides is 1. The van der Waals surface area contributed by atoms with Gasteiger partial charge in [-0.25, -0.2) is 4.99 Å². The first kappa shape index (κ1) is 8.15. The average Bonchev–Trinajstić information content (AvgIpc) is 2.89. The van der Waals surface area contributed by atoms with Gasteiger partial charge in [0.1, 0.15) is 5.76 Å². The number of amides is 1. The van der Waals surface area contributed by atoms with Crippen LogP contribution < -0.4 is 5.73 Å². The van der Waals surface area contributed by atoms with E-state index in [1.807, 2.05) is 12.2 Å². The lowest BCUT2D eigenvalue weighted by molar-refractivity contribution is -0.121. The van der Waals surface area contributed by atoms with Gasteiger partial charge in [0, 0.05) is 12.6 Å². The third-order valence-electron chi connectivity index (χ3n) is 3.58. The predicted octanol–water partition coefficient (Wildman–Crippen LogP) is 0.355. The molecular weight excluding hydrogens is 208 g/mol. The molecule has 80 valence electrons. The van der Waals surface area contributed by atoms with E-state index in [0.29, 0.717) is 18.1 Å². The van der Waals surface area contributed by atoms with Gasteiger partial charge in [-0.1, -0.05) is 0 Å². The van der Waals surface area contributed by atoms with Crippen molar-refractivity contribution in [3.8, 4) is 0 Å². The Kier molecular flexibility index (Phi) is 1.05. The molecule has 2 N–H and O–H groups in total. The first-order valence-electron chi connectivity index (χ1n) is 5.03. The zero-order valence-electron chi connectivity index (χ0n) is 8.27. The predicted molar refractivity (Wildman–Crippen MR) is 53.9 cm³/mol. The van der Waals surface area contributed by atoms with Crippen LogP contribution in [0, 0.1) is 5.41 Å². The van der Waals surface area contributed by atoms with Gasteiger partial charge in [-0.05, 0) is 12.2 Å². The van der Waals surface area contributed by atoms with Crippen LogP contribution in [-0.2, 0) is 14.3 Å². The van der Waals surface area contributed by atoms with Crippen molar-refractivity contribution in [2.24, 2.45) is 16.1 Å². The van der Waals surface area contributed by atoms with Crippen LogP contribution in [-0.4, -0.2) is 17.7 Å². The number of rotatable bonds is 1. The summed E-state index contributed by atoms with van der Waals surface area (Å²) in [4.78, 5) is 15.8. The third kappa shape index (κ3) is 0.576. The molecule has 0 aromatic rings. The molecule has 2 unspecified atom stereocenters. The summed E-state index contributed by atoms with van der Waals surface area (Å²) in [5, 5.41) is 0. The van der Waals surface area contributed by atoms with Crippen LogP contribution in [0.3, 0.4) is 0 Å². The molecule has 0 aromatic heterocycles. The van der Waals surface area contributed by atoms with Gasteiger partial charge in [0.2, 0.25) is 11.8 Å². The molecule has 0 radical (unpaired) electrons. The topological polar surface area (TPSA) is 73.9 Å². The maximum atomic E-state index is 11.7.